The summed E-state index contributed by atoms with van der Waals surface area (Å²) in [4.78, 5) is 16.5. The minimum atomic E-state index is -0.0208. The van der Waals surface area contributed by atoms with Gasteiger partial charge in [0.05, 0.1) is 4.88 Å². The van der Waals surface area contributed by atoms with E-state index < -0.39 is 0 Å². The number of carbonyl (C=O) groups excluding carboxylic acids is 1. The van der Waals surface area contributed by atoms with Crippen LogP contribution in [-0.4, -0.2) is 10.8 Å². The van der Waals surface area contributed by atoms with Gasteiger partial charge >= 0.3 is 0 Å². The SMILES string of the molecule is O=C(c1ccc(Br)cn1)c1cccs1. The van der Waals surface area contributed by atoms with Crippen LogP contribution in [0, 0.1) is 0 Å². The van der Waals surface area contributed by atoms with E-state index >= 15 is 0 Å². The first kappa shape index (κ1) is 9.55. The van der Waals surface area contributed by atoms with Crippen LogP contribution in [0.25, 0.3) is 0 Å². The number of nitrogens with zero attached hydrogens (tertiary/aromatic N) is 1. The Hall–Kier alpha value is -1.00. The number of ketones is 1. The summed E-state index contributed by atoms with van der Waals surface area (Å²) in [6.45, 7) is 0. The van der Waals surface area contributed by atoms with Crippen molar-refractivity contribution in [2.45, 2.75) is 0 Å². The van der Waals surface area contributed by atoms with Crippen molar-refractivity contribution in [3.8, 4) is 0 Å². The van der Waals surface area contributed by atoms with E-state index in [2.05, 4.69) is 20.9 Å². The van der Waals surface area contributed by atoms with E-state index in [1.807, 2.05) is 17.5 Å². The van der Waals surface area contributed by atoms with Gasteiger partial charge in [0.25, 0.3) is 0 Å². The summed E-state index contributed by atoms with van der Waals surface area (Å²) in [6, 6.07) is 7.19. The Morgan fingerprint density at radius 2 is 2.21 bits per heavy atom. The molecule has 0 N–H and O–H groups in total. The molecule has 0 radical (unpaired) electrons. The van der Waals surface area contributed by atoms with Crippen molar-refractivity contribution in [1.29, 1.82) is 0 Å². The minimum Gasteiger partial charge on any atom is -0.286 e. The lowest BCUT2D eigenvalue weighted by Crippen LogP contribution is -2.00. The van der Waals surface area contributed by atoms with Crippen LogP contribution in [-0.2, 0) is 0 Å². The number of aromatic nitrogens is 1. The number of hydrogen-bond acceptors (Lipinski definition) is 3. The van der Waals surface area contributed by atoms with Crippen LogP contribution in [0.4, 0.5) is 0 Å². The molecule has 2 heterocycles. The van der Waals surface area contributed by atoms with Gasteiger partial charge in [0.2, 0.25) is 5.78 Å². The number of carbonyl (C=O) groups is 1. The number of rotatable bonds is 2. The molecule has 2 nitrogen and oxygen atoms in total. The lowest BCUT2D eigenvalue weighted by molar-refractivity contribution is 0.103. The Kier molecular flexibility index (Phi) is 2.74. The van der Waals surface area contributed by atoms with Gasteiger partial charge in [-0.25, -0.2) is 0 Å². The van der Waals surface area contributed by atoms with Crippen molar-refractivity contribution in [3.63, 3.8) is 0 Å². The Bertz CT molecular complexity index is 436. The van der Waals surface area contributed by atoms with Gasteiger partial charge in [-0.2, -0.15) is 0 Å². The highest BCUT2D eigenvalue weighted by molar-refractivity contribution is 9.10. The van der Waals surface area contributed by atoms with Gasteiger partial charge in [-0.3, -0.25) is 9.78 Å². The second kappa shape index (κ2) is 4.02. The monoisotopic (exact) mass is 267 g/mol. The van der Waals surface area contributed by atoms with E-state index in [0.717, 1.165) is 9.35 Å². The molecular formula is C10H6BrNOS. The Balaban J connectivity index is 2.33. The smallest absolute Gasteiger partial charge is 0.221 e. The predicted molar refractivity (Wildman–Crippen MR) is 59.7 cm³/mol. The van der Waals surface area contributed by atoms with Crippen LogP contribution in [0.2, 0.25) is 0 Å². The topological polar surface area (TPSA) is 30.0 Å². The zero-order valence-electron chi connectivity index (χ0n) is 7.11. The van der Waals surface area contributed by atoms with Crippen LogP contribution in [0.3, 0.4) is 0 Å². The fourth-order valence-corrected chi connectivity index (χ4v) is 1.95. The molecule has 0 aliphatic heterocycles. The molecule has 0 bridgehead atoms. The largest absolute Gasteiger partial charge is 0.286 e. The van der Waals surface area contributed by atoms with Crippen molar-refractivity contribution >= 4 is 33.0 Å². The molecule has 0 saturated carbocycles. The quantitative estimate of drug-likeness (QED) is 0.783. The lowest BCUT2D eigenvalue weighted by Gasteiger charge is -1.96. The summed E-state index contributed by atoms with van der Waals surface area (Å²) in [6.07, 6.45) is 1.63. The van der Waals surface area contributed by atoms with Crippen molar-refractivity contribution in [2.24, 2.45) is 0 Å². The molecule has 0 aromatic carbocycles. The zero-order chi connectivity index (χ0) is 9.97. The molecule has 4 heteroatoms. The van der Waals surface area contributed by atoms with Crippen LogP contribution < -0.4 is 0 Å². The van der Waals surface area contributed by atoms with Crippen molar-refractivity contribution in [3.05, 3.63) is 50.9 Å². The highest BCUT2D eigenvalue weighted by Crippen LogP contribution is 2.15. The zero-order valence-corrected chi connectivity index (χ0v) is 9.51. The first-order chi connectivity index (χ1) is 6.77. The molecule has 2 rings (SSSR count). The van der Waals surface area contributed by atoms with Crippen molar-refractivity contribution < 1.29 is 4.79 Å². The third-order valence-corrected chi connectivity index (χ3v) is 3.04. The number of thiophene rings is 1. The Morgan fingerprint density at radius 1 is 1.36 bits per heavy atom. The highest BCUT2D eigenvalue weighted by atomic mass is 79.9. The Labute approximate surface area is 93.7 Å². The van der Waals surface area contributed by atoms with Crippen LogP contribution in [0.1, 0.15) is 15.4 Å². The first-order valence-electron chi connectivity index (χ1n) is 3.97. The van der Waals surface area contributed by atoms with E-state index in [-0.39, 0.29) is 5.78 Å². The lowest BCUT2D eigenvalue weighted by atomic mass is 10.2. The second-order valence-corrected chi connectivity index (χ2v) is 4.53. The number of hydrogen-bond donors (Lipinski definition) is 0. The molecular weight excluding hydrogens is 262 g/mol. The fourth-order valence-electron chi connectivity index (χ4n) is 1.04. The van der Waals surface area contributed by atoms with E-state index in [9.17, 15) is 4.79 Å². The average molecular weight is 268 g/mol. The van der Waals surface area contributed by atoms with Gasteiger partial charge in [-0.1, -0.05) is 6.07 Å². The van der Waals surface area contributed by atoms with Gasteiger partial charge in [0, 0.05) is 10.7 Å². The van der Waals surface area contributed by atoms with Gasteiger partial charge in [-0.05, 0) is 39.5 Å². The van der Waals surface area contributed by atoms with Crippen molar-refractivity contribution in [2.75, 3.05) is 0 Å². The number of pyridine rings is 1. The first-order valence-corrected chi connectivity index (χ1v) is 5.64. The molecule has 0 aliphatic rings. The predicted octanol–water partition coefficient (Wildman–Crippen LogP) is 3.14. The highest BCUT2D eigenvalue weighted by Gasteiger charge is 2.10. The van der Waals surface area contributed by atoms with Gasteiger partial charge in [0.15, 0.2) is 0 Å². The van der Waals surface area contributed by atoms with Gasteiger partial charge in [-0.15, -0.1) is 11.3 Å². The fraction of sp³-hybridized carbons (Fsp3) is 0. The van der Waals surface area contributed by atoms with Crippen LogP contribution in [0.15, 0.2) is 40.3 Å². The molecule has 0 saturated heterocycles. The van der Waals surface area contributed by atoms with E-state index in [1.165, 1.54) is 11.3 Å². The molecule has 14 heavy (non-hydrogen) atoms. The summed E-state index contributed by atoms with van der Waals surface area (Å²) in [5.41, 5.74) is 0.482. The van der Waals surface area contributed by atoms with Crippen molar-refractivity contribution in [1.82, 2.24) is 4.98 Å². The molecule has 0 spiro atoms. The number of halogens is 1. The summed E-state index contributed by atoms with van der Waals surface area (Å²) in [5, 5.41) is 1.88. The molecule has 0 unspecified atom stereocenters. The summed E-state index contributed by atoms with van der Waals surface area (Å²) in [5.74, 6) is -0.0208. The maximum absolute atomic E-state index is 11.8. The van der Waals surface area contributed by atoms with Gasteiger partial charge in [0.1, 0.15) is 5.69 Å². The van der Waals surface area contributed by atoms with Crippen LogP contribution in [0.5, 0.6) is 0 Å². The second-order valence-electron chi connectivity index (χ2n) is 2.67. The molecule has 70 valence electrons. The van der Waals surface area contributed by atoms with E-state index in [4.69, 9.17) is 0 Å². The third-order valence-electron chi connectivity index (χ3n) is 1.70. The Morgan fingerprint density at radius 3 is 2.79 bits per heavy atom. The molecule has 0 amide bonds. The van der Waals surface area contributed by atoms with E-state index in [1.54, 1.807) is 18.3 Å². The molecule has 0 atom stereocenters. The van der Waals surface area contributed by atoms with Gasteiger partial charge < -0.3 is 0 Å². The summed E-state index contributed by atoms with van der Waals surface area (Å²) < 4.78 is 0.875. The molecule has 2 aromatic heterocycles. The standard InChI is InChI=1S/C10H6BrNOS/c11-7-3-4-8(12-6-7)10(13)9-2-1-5-14-9/h1-6H. The molecule has 0 aliphatic carbocycles. The maximum atomic E-state index is 11.8. The van der Waals surface area contributed by atoms with Crippen LogP contribution >= 0.6 is 27.3 Å². The maximum Gasteiger partial charge on any atom is 0.221 e. The third kappa shape index (κ3) is 1.91. The normalized spacial score (nSPS) is 10.1. The minimum absolute atomic E-state index is 0.0208. The average Bonchev–Trinajstić information content (AvgIpc) is 2.71. The molecule has 2 aromatic rings. The van der Waals surface area contributed by atoms with E-state index in [0.29, 0.717) is 5.69 Å². The summed E-state index contributed by atoms with van der Waals surface area (Å²) >= 11 is 4.70. The summed E-state index contributed by atoms with van der Waals surface area (Å²) in [7, 11) is 0. The molecule has 0 fully saturated rings.